The molecule has 3 saturated heterocycles. The molecule has 0 aromatic carbocycles. The predicted molar refractivity (Wildman–Crippen MR) is 177 cm³/mol. The van der Waals surface area contributed by atoms with Crippen LogP contribution in [0.1, 0.15) is 112 Å². The van der Waals surface area contributed by atoms with Crippen molar-refractivity contribution < 1.29 is 9.53 Å². The van der Waals surface area contributed by atoms with Crippen LogP contribution in [-0.4, -0.2) is 135 Å². The molecule has 0 aliphatic carbocycles. The van der Waals surface area contributed by atoms with E-state index in [1.54, 1.807) is 0 Å². The third-order valence-electron chi connectivity index (χ3n) is 8.76. The van der Waals surface area contributed by atoms with Crippen molar-refractivity contribution in [2.75, 3.05) is 92.2 Å². The molecule has 0 atom stereocenters. The number of rotatable bonds is 15. The van der Waals surface area contributed by atoms with Gasteiger partial charge in [-0.05, 0) is 113 Å². The molecular formula is C34H71N5O2. The zero-order chi connectivity index (χ0) is 30.3. The first-order chi connectivity index (χ1) is 19.8. The molecule has 0 aromatic heterocycles. The normalized spacial score (nSPS) is 19.2. The molecule has 1 amide bonds. The zero-order valence-electron chi connectivity index (χ0n) is 28.7. The van der Waals surface area contributed by atoms with Gasteiger partial charge < -0.3 is 24.3 Å². The fourth-order valence-electron chi connectivity index (χ4n) is 5.68. The number of ether oxygens (including phenoxy) is 1. The van der Waals surface area contributed by atoms with Crippen LogP contribution >= 0.6 is 0 Å². The van der Waals surface area contributed by atoms with Gasteiger partial charge in [-0.15, -0.1) is 0 Å². The van der Waals surface area contributed by atoms with Gasteiger partial charge in [-0.3, -0.25) is 9.69 Å². The summed E-state index contributed by atoms with van der Waals surface area (Å²) in [6.45, 7) is 26.6. The smallest absolute Gasteiger partial charge is 0.248 e. The molecule has 0 radical (unpaired) electrons. The Balaban J connectivity index is 0.000000391. The number of unbranched alkanes of at least 4 members (excludes halogenated alkanes) is 4. The average Bonchev–Trinajstić information content (AvgIpc) is 3.00. The van der Waals surface area contributed by atoms with E-state index in [2.05, 4.69) is 40.5 Å². The number of hydrogen-bond donors (Lipinski definition) is 0. The molecule has 3 heterocycles. The van der Waals surface area contributed by atoms with Crippen molar-refractivity contribution >= 4 is 5.91 Å². The van der Waals surface area contributed by atoms with Gasteiger partial charge in [0.2, 0.25) is 5.91 Å². The molecule has 0 spiro atoms. The largest absolute Gasteiger partial charge is 0.369 e. The summed E-state index contributed by atoms with van der Waals surface area (Å²) >= 11 is 0. The lowest BCUT2D eigenvalue weighted by Gasteiger charge is -2.36. The van der Waals surface area contributed by atoms with Gasteiger partial charge in [0.15, 0.2) is 0 Å². The van der Waals surface area contributed by atoms with E-state index in [4.69, 9.17) is 4.74 Å². The lowest BCUT2D eigenvalue weighted by molar-refractivity contribution is -0.139. The number of hydrogen-bond acceptors (Lipinski definition) is 6. The summed E-state index contributed by atoms with van der Waals surface area (Å²) in [5.41, 5.74) is 0. The van der Waals surface area contributed by atoms with Gasteiger partial charge >= 0.3 is 0 Å². The molecule has 3 rings (SSSR count). The quantitative estimate of drug-likeness (QED) is 0.227. The van der Waals surface area contributed by atoms with Crippen molar-refractivity contribution in [3.63, 3.8) is 0 Å². The second-order valence-corrected chi connectivity index (χ2v) is 12.7. The molecule has 0 unspecified atom stereocenters. The fourth-order valence-corrected chi connectivity index (χ4v) is 5.68. The Bertz CT molecular complexity index is 598. The molecule has 7 nitrogen and oxygen atoms in total. The van der Waals surface area contributed by atoms with Gasteiger partial charge in [-0.2, -0.15) is 0 Å². The molecular weight excluding hydrogens is 510 g/mol. The Labute approximate surface area is 256 Å². The van der Waals surface area contributed by atoms with E-state index < -0.39 is 0 Å². The molecule has 244 valence electrons. The number of piperidine rings is 2. The number of carbonyl (C=O) groups excluding carboxylic acids is 1. The Morgan fingerprint density at radius 1 is 0.634 bits per heavy atom. The van der Waals surface area contributed by atoms with E-state index in [-0.39, 0.29) is 18.6 Å². The van der Waals surface area contributed by atoms with Gasteiger partial charge in [-0.25, -0.2) is 0 Å². The van der Waals surface area contributed by atoms with Crippen LogP contribution in [0.5, 0.6) is 0 Å². The minimum atomic E-state index is 0.125. The Hall–Kier alpha value is -0.730. The Morgan fingerprint density at radius 2 is 1.10 bits per heavy atom. The molecule has 0 bridgehead atoms. The standard InChI is InChI=1S/C16H31N3O2.C16H34N2.C2H6/c1-15(2)21-14-16(20)19-12-10-18(11-13-19)9-8-17-6-4-3-5-7-17;1-16(2)17(3)12-8-5-4-6-9-13-18-14-10-7-11-15-18;1-2/h15H,3-14H2,1-2H3;16H,4-15H2,1-3H3;1-2H3. The highest BCUT2D eigenvalue weighted by Crippen LogP contribution is 2.12. The van der Waals surface area contributed by atoms with Crippen LogP contribution in [0.4, 0.5) is 0 Å². The lowest BCUT2D eigenvalue weighted by atomic mass is 10.1. The second-order valence-electron chi connectivity index (χ2n) is 12.7. The third-order valence-corrected chi connectivity index (χ3v) is 8.76. The highest BCUT2D eigenvalue weighted by molar-refractivity contribution is 5.77. The van der Waals surface area contributed by atoms with Crippen LogP contribution < -0.4 is 0 Å². The van der Waals surface area contributed by atoms with E-state index in [0.29, 0.717) is 6.04 Å². The highest BCUT2D eigenvalue weighted by Gasteiger charge is 2.22. The van der Waals surface area contributed by atoms with Crippen molar-refractivity contribution in [2.24, 2.45) is 0 Å². The molecule has 41 heavy (non-hydrogen) atoms. The van der Waals surface area contributed by atoms with Crippen LogP contribution in [0.2, 0.25) is 0 Å². The molecule has 3 aliphatic rings. The SMILES string of the molecule is CC.CC(C)N(C)CCCCCCCN1CCCCC1.CC(C)OCC(=O)N1CCN(CCN2CCCCC2)CC1. The molecule has 0 saturated carbocycles. The number of piperazine rings is 1. The topological polar surface area (TPSA) is 42.5 Å². The van der Waals surface area contributed by atoms with Crippen molar-refractivity contribution in [3.05, 3.63) is 0 Å². The molecule has 3 aliphatic heterocycles. The summed E-state index contributed by atoms with van der Waals surface area (Å²) in [4.78, 5) is 24.1. The van der Waals surface area contributed by atoms with Gasteiger partial charge in [0.25, 0.3) is 0 Å². The summed E-state index contributed by atoms with van der Waals surface area (Å²) in [6, 6.07) is 0.698. The van der Waals surface area contributed by atoms with E-state index in [0.717, 1.165) is 32.7 Å². The van der Waals surface area contributed by atoms with Gasteiger partial charge in [0.1, 0.15) is 6.61 Å². The van der Waals surface area contributed by atoms with Crippen molar-refractivity contribution in [2.45, 2.75) is 124 Å². The van der Waals surface area contributed by atoms with Crippen molar-refractivity contribution in [1.82, 2.24) is 24.5 Å². The molecule has 7 heteroatoms. The molecule has 0 aromatic rings. The summed E-state index contributed by atoms with van der Waals surface area (Å²) in [6.07, 6.45) is 15.6. The molecule has 0 N–H and O–H groups in total. The summed E-state index contributed by atoms with van der Waals surface area (Å²) < 4.78 is 5.40. The van der Waals surface area contributed by atoms with Crippen LogP contribution in [0.25, 0.3) is 0 Å². The second kappa shape index (κ2) is 24.7. The Kier molecular flexibility index (Phi) is 23.1. The first kappa shape index (κ1) is 38.3. The summed E-state index contributed by atoms with van der Waals surface area (Å²) in [5, 5.41) is 0. The van der Waals surface area contributed by atoms with Crippen molar-refractivity contribution in [3.8, 4) is 0 Å². The first-order valence-corrected chi connectivity index (χ1v) is 17.6. The number of amides is 1. The summed E-state index contributed by atoms with van der Waals surface area (Å²) in [7, 11) is 2.24. The summed E-state index contributed by atoms with van der Waals surface area (Å²) in [5.74, 6) is 0.138. The van der Waals surface area contributed by atoms with Crippen LogP contribution in [-0.2, 0) is 9.53 Å². The Morgan fingerprint density at radius 3 is 1.61 bits per heavy atom. The fraction of sp³-hybridized carbons (Fsp3) is 0.971. The third kappa shape index (κ3) is 19.2. The maximum atomic E-state index is 12.0. The van der Waals surface area contributed by atoms with Gasteiger partial charge in [0, 0.05) is 45.3 Å². The maximum absolute atomic E-state index is 12.0. The predicted octanol–water partition coefficient (Wildman–Crippen LogP) is 5.83. The highest BCUT2D eigenvalue weighted by atomic mass is 16.5. The van der Waals surface area contributed by atoms with E-state index in [9.17, 15) is 4.79 Å². The number of nitrogens with zero attached hydrogens (tertiary/aromatic N) is 5. The number of likely N-dealkylation sites (tertiary alicyclic amines) is 2. The van der Waals surface area contributed by atoms with Gasteiger partial charge in [-0.1, -0.05) is 46.0 Å². The average molecular weight is 582 g/mol. The van der Waals surface area contributed by atoms with Crippen LogP contribution in [0.3, 0.4) is 0 Å². The van der Waals surface area contributed by atoms with Crippen molar-refractivity contribution in [1.29, 1.82) is 0 Å². The van der Waals surface area contributed by atoms with Crippen LogP contribution in [0, 0.1) is 0 Å². The van der Waals surface area contributed by atoms with E-state index in [1.807, 2.05) is 32.6 Å². The zero-order valence-corrected chi connectivity index (χ0v) is 28.7. The minimum Gasteiger partial charge on any atom is -0.369 e. The first-order valence-electron chi connectivity index (χ1n) is 17.6. The monoisotopic (exact) mass is 582 g/mol. The number of carbonyl (C=O) groups is 1. The maximum Gasteiger partial charge on any atom is 0.248 e. The van der Waals surface area contributed by atoms with Gasteiger partial charge in [0.05, 0.1) is 6.10 Å². The van der Waals surface area contributed by atoms with Crippen LogP contribution in [0.15, 0.2) is 0 Å². The lowest BCUT2D eigenvalue weighted by Crippen LogP contribution is -2.51. The van der Waals surface area contributed by atoms with E-state index in [1.165, 1.54) is 116 Å². The van der Waals surface area contributed by atoms with E-state index >= 15 is 0 Å². The minimum absolute atomic E-state index is 0.125. The molecule has 3 fully saturated rings.